The van der Waals surface area contributed by atoms with Gasteiger partial charge in [0.25, 0.3) is 0 Å². The number of likely N-dealkylation sites (N-methyl/N-ethyl adjacent to an activating group) is 1. The number of nitrogens with one attached hydrogen (secondary N) is 1. The molecule has 3 N–H and O–H groups in total. The minimum Gasteiger partial charge on any atom is -0.387 e. The summed E-state index contributed by atoms with van der Waals surface area (Å²) >= 11 is 0. The molecule has 0 fully saturated rings. The summed E-state index contributed by atoms with van der Waals surface area (Å²) in [6, 6.07) is -0.884. The average molecular weight is 1170 g/mol. The number of aliphatic hydroxyl groups excluding tert-OH is 1. The molecule has 0 aromatic rings. The van der Waals surface area contributed by atoms with Crippen molar-refractivity contribution in [3.8, 4) is 0 Å². The van der Waals surface area contributed by atoms with Crippen LogP contribution in [0.15, 0.2) is 158 Å². The Bertz CT molecular complexity index is 1910. The molecular weight excluding hydrogens is 1040 g/mol. The highest BCUT2D eigenvalue weighted by molar-refractivity contribution is 7.47. The van der Waals surface area contributed by atoms with Crippen LogP contribution in [-0.2, 0) is 18.4 Å². The van der Waals surface area contributed by atoms with Crippen LogP contribution in [0, 0.1) is 0 Å². The normalized spacial score (nSPS) is 14.7. The number of unbranched alkanes of at least 4 members (excludes halogenated alkanes) is 22. The molecule has 0 bridgehead atoms. The maximum absolute atomic E-state index is 13.0. The summed E-state index contributed by atoms with van der Waals surface area (Å²) < 4.78 is 23.7. The van der Waals surface area contributed by atoms with Gasteiger partial charge in [-0.1, -0.05) is 281 Å². The van der Waals surface area contributed by atoms with E-state index in [0.717, 1.165) is 116 Å². The molecule has 83 heavy (non-hydrogen) atoms. The number of aliphatic hydroxyl groups is 1. The van der Waals surface area contributed by atoms with Crippen LogP contribution >= 0.6 is 7.82 Å². The fraction of sp³-hybridized carbons (Fsp3) is 0.635. The fourth-order valence-corrected chi connectivity index (χ4v) is 9.54. The maximum atomic E-state index is 13.0. The SMILES string of the molecule is CC/C=C\C/C=C\C/C=C\C/C=C\C/C=C\C/C=C\C/C=C\C/C=C\C/C=C\C/C=C\CCCCCCCCCCCCC(=O)NC(COP(=O)(O)OCC[N+](C)(C)C)C(O)/C=C/CC/C=C/CC/C=C/CCCCCCCCCCCC. The van der Waals surface area contributed by atoms with Gasteiger partial charge in [-0.25, -0.2) is 4.57 Å². The fourth-order valence-electron chi connectivity index (χ4n) is 8.81. The number of rotatable bonds is 59. The van der Waals surface area contributed by atoms with E-state index in [9.17, 15) is 19.4 Å². The first-order valence-electron chi connectivity index (χ1n) is 33.4. The van der Waals surface area contributed by atoms with Crippen LogP contribution in [0.5, 0.6) is 0 Å². The number of phosphoric acid groups is 1. The van der Waals surface area contributed by atoms with Crippen molar-refractivity contribution in [2.24, 2.45) is 0 Å². The van der Waals surface area contributed by atoms with Gasteiger partial charge in [0.2, 0.25) is 5.91 Å². The first-order chi connectivity index (χ1) is 40.5. The van der Waals surface area contributed by atoms with Crippen LogP contribution in [-0.4, -0.2) is 73.4 Å². The molecule has 0 saturated carbocycles. The van der Waals surface area contributed by atoms with Crippen LogP contribution in [0.2, 0.25) is 0 Å². The molecule has 3 atom stereocenters. The van der Waals surface area contributed by atoms with Gasteiger partial charge >= 0.3 is 7.82 Å². The van der Waals surface area contributed by atoms with Crippen molar-refractivity contribution >= 4 is 13.7 Å². The molecule has 0 aromatic carbocycles. The minimum absolute atomic E-state index is 0.0453. The van der Waals surface area contributed by atoms with Gasteiger partial charge in [-0.3, -0.25) is 13.8 Å². The molecule has 472 valence electrons. The number of hydrogen-bond acceptors (Lipinski definition) is 5. The Hall–Kier alpha value is -3.88. The van der Waals surface area contributed by atoms with Crippen molar-refractivity contribution in [1.82, 2.24) is 5.32 Å². The molecule has 0 heterocycles. The van der Waals surface area contributed by atoms with Crippen LogP contribution < -0.4 is 5.32 Å². The quantitative estimate of drug-likeness (QED) is 0.0243. The highest BCUT2D eigenvalue weighted by Gasteiger charge is 2.27. The number of phosphoric ester groups is 1. The van der Waals surface area contributed by atoms with Gasteiger partial charge < -0.3 is 19.8 Å². The molecule has 3 unspecified atom stereocenters. The van der Waals surface area contributed by atoms with E-state index >= 15 is 0 Å². The zero-order chi connectivity index (χ0) is 60.5. The van der Waals surface area contributed by atoms with E-state index in [-0.39, 0.29) is 19.1 Å². The summed E-state index contributed by atoms with van der Waals surface area (Å²) in [5, 5.41) is 13.9. The lowest BCUT2D eigenvalue weighted by Crippen LogP contribution is -2.45. The van der Waals surface area contributed by atoms with Crippen molar-refractivity contribution in [3.05, 3.63) is 158 Å². The van der Waals surface area contributed by atoms with Gasteiger partial charge in [0.15, 0.2) is 0 Å². The summed E-state index contributed by atoms with van der Waals surface area (Å²) in [5.74, 6) is -0.201. The number of carbonyl (C=O) groups excluding carboxylic acids is 1. The highest BCUT2D eigenvalue weighted by atomic mass is 31.2. The Kier molecular flexibility index (Phi) is 59.7. The second kappa shape index (κ2) is 62.6. The van der Waals surface area contributed by atoms with E-state index in [1.807, 2.05) is 27.2 Å². The van der Waals surface area contributed by atoms with Crippen molar-refractivity contribution in [2.45, 2.75) is 264 Å². The molecule has 1 amide bonds. The molecular formula is C74H126N2O6P+. The highest BCUT2D eigenvalue weighted by Crippen LogP contribution is 2.43. The summed E-state index contributed by atoms with van der Waals surface area (Å²) in [6.07, 6.45) is 98.0. The van der Waals surface area contributed by atoms with Crippen molar-refractivity contribution < 1.29 is 32.9 Å². The van der Waals surface area contributed by atoms with E-state index in [2.05, 4.69) is 165 Å². The molecule has 0 radical (unpaired) electrons. The van der Waals surface area contributed by atoms with Gasteiger partial charge in [0.1, 0.15) is 13.2 Å². The molecule has 0 aliphatic heterocycles. The number of nitrogens with zero attached hydrogens (tertiary/aromatic N) is 1. The first-order valence-corrected chi connectivity index (χ1v) is 34.9. The van der Waals surface area contributed by atoms with E-state index in [1.165, 1.54) is 116 Å². The molecule has 0 aliphatic carbocycles. The molecule has 0 aromatic heterocycles. The van der Waals surface area contributed by atoms with Gasteiger partial charge in [-0.2, -0.15) is 0 Å². The standard InChI is InChI=1S/C74H125N2O6P/c1-6-8-10-12-14-16-18-20-22-24-26-28-29-30-31-32-33-34-35-36-37-38-39-40-41-42-43-44-45-46-47-48-50-52-54-56-58-60-62-64-66-68-74(78)75-72(71-82-83(79,80)81-70-69-76(3,4)5)73(77)67-65-63-61-59-57-55-53-51-49-27-25-23-21-19-17-15-13-11-9-7-2/h8,10,14,16,20,22,26,28,30-31,33-34,36-37,39-40,42-43,45-46,49,51,57,59,65,67,72-73,77H,6-7,9,11-13,15,17-19,21,23-25,27,29,32,35,38,41,44,47-48,50,52-56,58,60-64,66,68-71H2,1-5H3,(H-,75,78,79,80)/p+1/b10-8-,16-14-,22-20-,28-26-,31-30-,34-33-,37-36-,40-39-,43-42-,46-45-,51-49+,59-57+,67-65+. The minimum atomic E-state index is -4.37. The maximum Gasteiger partial charge on any atom is 0.472 e. The molecule has 0 saturated heterocycles. The molecule has 0 rings (SSSR count). The van der Waals surface area contributed by atoms with E-state index < -0.39 is 20.0 Å². The van der Waals surface area contributed by atoms with Gasteiger partial charge in [-0.15, -0.1) is 0 Å². The van der Waals surface area contributed by atoms with Crippen LogP contribution in [0.3, 0.4) is 0 Å². The summed E-state index contributed by atoms with van der Waals surface area (Å²) in [5.41, 5.74) is 0. The Morgan fingerprint density at radius 2 is 0.735 bits per heavy atom. The molecule has 8 nitrogen and oxygen atoms in total. The monoisotopic (exact) mass is 1170 g/mol. The Morgan fingerprint density at radius 1 is 0.422 bits per heavy atom. The number of hydrogen-bond donors (Lipinski definition) is 3. The lowest BCUT2D eigenvalue weighted by molar-refractivity contribution is -0.870. The van der Waals surface area contributed by atoms with Crippen molar-refractivity contribution in [3.63, 3.8) is 0 Å². The van der Waals surface area contributed by atoms with E-state index in [0.29, 0.717) is 17.4 Å². The Balaban J connectivity index is 4.17. The van der Waals surface area contributed by atoms with Gasteiger partial charge in [0, 0.05) is 6.42 Å². The number of amides is 1. The third-order valence-corrected chi connectivity index (χ3v) is 14.9. The first kappa shape index (κ1) is 79.1. The number of allylic oxidation sites excluding steroid dienone is 25. The third kappa shape index (κ3) is 65.5. The predicted octanol–water partition coefficient (Wildman–Crippen LogP) is 21.4. The van der Waals surface area contributed by atoms with Crippen LogP contribution in [0.4, 0.5) is 0 Å². The average Bonchev–Trinajstić information content (AvgIpc) is 3.49. The topological polar surface area (TPSA) is 105 Å². The van der Waals surface area contributed by atoms with E-state index in [1.54, 1.807) is 6.08 Å². The van der Waals surface area contributed by atoms with Crippen LogP contribution in [0.1, 0.15) is 251 Å². The second-order valence-corrected chi connectivity index (χ2v) is 24.5. The third-order valence-electron chi connectivity index (χ3n) is 14.0. The summed E-state index contributed by atoms with van der Waals surface area (Å²) in [7, 11) is 1.53. The summed E-state index contributed by atoms with van der Waals surface area (Å²) in [4.78, 5) is 23.4. The predicted molar refractivity (Wildman–Crippen MR) is 364 cm³/mol. The smallest absolute Gasteiger partial charge is 0.387 e. The molecule has 9 heteroatoms. The van der Waals surface area contributed by atoms with Crippen LogP contribution in [0.25, 0.3) is 0 Å². The number of quaternary nitrogens is 1. The number of carbonyl (C=O) groups is 1. The second-order valence-electron chi connectivity index (χ2n) is 23.1. The van der Waals surface area contributed by atoms with E-state index in [4.69, 9.17) is 9.05 Å². The molecule has 0 spiro atoms. The lowest BCUT2D eigenvalue weighted by Gasteiger charge is -2.25. The van der Waals surface area contributed by atoms with Gasteiger partial charge in [0.05, 0.1) is 39.9 Å². The van der Waals surface area contributed by atoms with Crippen molar-refractivity contribution in [2.75, 3.05) is 40.9 Å². The Labute approximate surface area is 511 Å². The van der Waals surface area contributed by atoms with Gasteiger partial charge in [-0.05, 0) is 122 Å². The summed E-state index contributed by atoms with van der Waals surface area (Å²) in [6.45, 7) is 4.66. The lowest BCUT2D eigenvalue weighted by atomic mass is 10.0. The largest absolute Gasteiger partial charge is 0.472 e. The van der Waals surface area contributed by atoms with Crippen molar-refractivity contribution in [1.29, 1.82) is 0 Å². The Morgan fingerprint density at radius 3 is 1.11 bits per heavy atom. The zero-order valence-corrected chi connectivity index (χ0v) is 54.8. The molecule has 0 aliphatic rings. The zero-order valence-electron chi connectivity index (χ0n) is 53.9.